The van der Waals surface area contributed by atoms with Gasteiger partial charge in [-0.1, -0.05) is 60.7 Å². The third kappa shape index (κ3) is 6.09. The summed E-state index contributed by atoms with van der Waals surface area (Å²) in [5, 5.41) is 0.917. The number of benzene rings is 3. The minimum absolute atomic E-state index is 0.0437. The maximum absolute atomic E-state index is 12.8. The van der Waals surface area contributed by atoms with Gasteiger partial charge in [0.25, 0.3) is 0 Å². The Morgan fingerprint density at radius 1 is 0.971 bits per heavy atom. The van der Waals surface area contributed by atoms with Gasteiger partial charge in [0.15, 0.2) is 0 Å². The van der Waals surface area contributed by atoms with E-state index in [1.165, 1.54) is 11.1 Å². The minimum Gasteiger partial charge on any atom is -0.489 e. The van der Waals surface area contributed by atoms with Gasteiger partial charge in [-0.15, -0.1) is 0 Å². The maximum atomic E-state index is 12.8. The highest BCUT2D eigenvalue weighted by atomic mass is 16.5. The Morgan fingerprint density at radius 2 is 1.69 bits per heavy atom. The fourth-order valence-corrected chi connectivity index (χ4v) is 3.93. The molecule has 0 N–H and O–H groups in total. The van der Waals surface area contributed by atoms with Gasteiger partial charge in [0, 0.05) is 24.5 Å². The van der Waals surface area contributed by atoms with E-state index in [-0.39, 0.29) is 12.5 Å². The molecule has 0 saturated carbocycles. The predicted molar refractivity (Wildman–Crippen MR) is 136 cm³/mol. The number of esters is 1. The Balaban J connectivity index is 0.000000301. The van der Waals surface area contributed by atoms with Crippen LogP contribution in [0, 0.1) is 0 Å². The van der Waals surface area contributed by atoms with Crippen LogP contribution in [0.15, 0.2) is 84.9 Å². The summed E-state index contributed by atoms with van der Waals surface area (Å²) in [4.78, 5) is 26.8. The average molecular weight is 471 g/mol. The number of amides is 1. The lowest BCUT2D eigenvalue weighted by atomic mass is 10.1. The molecule has 6 nitrogen and oxygen atoms in total. The van der Waals surface area contributed by atoms with Crippen LogP contribution in [0.5, 0.6) is 5.75 Å². The lowest BCUT2D eigenvalue weighted by Gasteiger charge is -2.19. The zero-order valence-electron chi connectivity index (χ0n) is 20.1. The van der Waals surface area contributed by atoms with Gasteiger partial charge in [-0.2, -0.15) is 0 Å². The molecule has 6 rings (SSSR count). The van der Waals surface area contributed by atoms with E-state index in [4.69, 9.17) is 9.47 Å². The van der Waals surface area contributed by atoms with Crippen molar-refractivity contribution in [2.75, 3.05) is 20.2 Å². The highest BCUT2D eigenvalue weighted by Gasteiger charge is 2.20. The van der Waals surface area contributed by atoms with Crippen molar-refractivity contribution in [3.8, 4) is 5.75 Å². The zero-order chi connectivity index (χ0) is 24.6. The molecule has 0 unspecified atom stereocenters. The second-order valence-electron chi connectivity index (χ2n) is 8.38. The first-order chi connectivity index (χ1) is 17.0. The number of hydrogen-bond donors (Lipinski definition) is 0. The van der Waals surface area contributed by atoms with E-state index in [0.717, 1.165) is 29.7 Å². The van der Waals surface area contributed by atoms with Crippen LogP contribution in [0.4, 0.5) is 0 Å². The summed E-state index contributed by atoms with van der Waals surface area (Å²) in [7, 11) is 1.79. The number of fused-ring (bicyclic) bond motifs is 4. The SMILES string of the molecule is CCOC(=O)c1cc2ccccc2n1CC(=O)N(C)CCc1ccccc1.c1cc2ccc1CO2. The number of hydrogen-bond acceptors (Lipinski definition) is 4. The molecular weight excluding hydrogens is 440 g/mol. The third-order valence-corrected chi connectivity index (χ3v) is 5.92. The summed E-state index contributed by atoms with van der Waals surface area (Å²) in [6.45, 7) is 3.56. The van der Waals surface area contributed by atoms with Gasteiger partial charge in [-0.3, -0.25) is 4.79 Å². The van der Waals surface area contributed by atoms with Gasteiger partial charge < -0.3 is 18.9 Å². The Morgan fingerprint density at radius 3 is 2.29 bits per heavy atom. The molecular formula is C29H30N2O4. The number of likely N-dealkylation sites (N-methyl/N-ethyl adjacent to an activating group) is 1. The molecule has 1 aromatic heterocycles. The van der Waals surface area contributed by atoms with Crippen molar-refractivity contribution in [2.45, 2.75) is 26.5 Å². The first-order valence-corrected chi connectivity index (χ1v) is 11.8. The second-order valence-corrected chi connectivity index (χ2v) is 8.38. The minimum atomic E-state index is -0.409. The zero-order valence-corrected chi connectivity index (χ0v) is 20.1. The monoisotopic (exact) mass is 470 g/mol. The number of carbonyl (C=O) groups excluding carboxylic acids is 2. The predicted octanol–water partition coefficient (Wildman–Crippen LogP) is 5.10. The van der Waals surface area contributed by atoms with Crippen molar-refractivity contribution < 1.29 is 19.1 Å². The smallest absolute Gasteiger partial charge is 0.354 e. The molecule has 0 aliphatic carbocycles. The number of carbonyl (C=O) groups is 2. The van der Waals surface area contributed by atoms with Crippen molar-refractivity contribution in [3.05, 3.63) is 102 Å². The number of aromatic nitrogens is 1. The molecule has 0 atom stereocenters. The Hall–Kier alpha value is -4.06. The van der Waals surface area contributed by atoms with E-state index < -0.39 is 5.97 Å². The van der Waals surface area contributed by atoms with E-state index in [9.17, 15) is 9.59 Å². The molecule has 2 aliphatic rings. The third-order valence-electron chi connectivity index (χ3n) is 5.92. The lowest BCUT2D eigenvalue weighted by Crippen LogP contribution is -2.32. The van der Waals surface area contributed by atoms with Gasteiger partial charge >= 0.3 is 5.97 Å². The quantitative estimate of drug-likeness (QED) is 0.353. The van der Waals surface area contributed by atoms with E-state index in [0.29, 0.717) is 18.8 Å². The largest absolute Gasteiger partial charge is 0.489 e. The van der Waals surface area contributed by atoms with Crippen LogP contribution in [0.2, 0.25) is 0 Å². The van der Waals surface area contributed by atoms with Crippen LogP contribution in [0.25, 0.3) is 10.9 Å². The molecule has 35 heavy (non-hydrogen) atoms. The number of para-hydroxylation sites is 1. The Labute approximate surface area is 205 Å². The highest BCUT2D eigenvalue weighted by Crippen LogP contribution is 2.21. The molecule has 2 aliphatic heterocycles. The molecule has 0 saturated heterocycles. The summed E-state index contributed by atoms with van der Waals surface area (Å²) in [6, 6.07) is 27.6. The van der Waals surface area contributed by atoms with Crippen molar-refractivity contribution >= 4 is 22.8 Å². The van der Waals surface area contributed by atoms with Gasteiger partial charge in [0.2, 0.25) is 5.91 Å². The van der Waals surface area contributed by atoms with Crippen molar-refractivity contribution in [3.63, 3.8) is 0 Å². The second kappa shape index (κ2) is 11.4. The van der Waals surface area contributed by atoms with Crippen LogP contribution in [0.1, 0.15) is 28.5 Å². The van der Waals surface area contributed by atoms with Crippen LogP contribution < -0.4 is 4.74 Å². The van der Waals surface area contributed by atoms with Gasteiger partial charge in [0.05, 0.1) is 6.61 Å². The van der Waals surface area contributed by atoms with Crippen molar-refractivity contribution in [1.82, 2.24) is 9.47 Å². The molecule has 0 radical (unpaired) electrons. The molecule has 0 fully saturated rings. The van der Waals surface area contributed by atoms with Crippen LogP contribution in [0.3, 0.4) is 0 Å². The standard InChI is InChI=1S/C22H24N2O3.C7H6O/c1-3-27-22(26)20-15-18-11-7-8-12-19(18)24(20)16-21(25)23(2)14-13-17-9-5-4-6-10-17;1-3-7-4-2-6(1)5-8-7/h4-12,15H,3,13-14,16H2,1-2H3;1-4H,5H2. The van der Waals surface area contributed by atoms with E-state index in [1.54, 1.807) is 29.5 Å². The van der Waals surface area contributed by atoms with E-state index >= 15 is 0 Å². The summed E-state index contributed by atoms with van der Waals surface area (Å²) in [5.74, 6) is 0.534. The van der Waals surface area contributed by atoms with E-state index in [1.807, 2.05) is 54.6 Å². The molecule has 6 heteroatoms. The maximum Gasteiger partial charge on any atom is 0.354 e. The summed E-state index contributed by atoms with van der Waals surface area (Å²) in [5.41, 5.74) is 3.71. The van der Waals surface area contributed by atoms with Crippen LogP contribution in [-0.2, 0) is 29.1 Å². The highest BCUT2D eigenvalue weighted by molar-refractivity contribution is 5.96. The molecule has 3 heterocycles. The van der Waals surface area contributed by atoms with Crippen LogP contribution in [-0.4, -0.2) is 41.5 Å². The van der Waals surface area contributed by atoms with Crippen molar-refractivity contribution in [1.29, 1.82) is 0 Å². The normalized spacial score (nSPS) is 11.4. The molecule has 3 aromatic carbocycles. The molecule has 4 aromatic rings. The van der Waals surface area contributed by atoms with E-state index in [2.05, 4.69) is 24.3 Å². The van der Waals surface area contributed by atoms with Gasteiger partial charge in [0.1, 0.15) is 24.6 Å². The molecule has 180 valence electrons. The molecule has 1 amide bonds. The fourth-order valence-electron chi connectivity index (χ4n) is 3.93. The lowest BCUT2D eigenvalue weighted by molar-refractivity contribution is -0.130. The topological polar surface area (TPSA) is 60.8 Å². The number of nitrogens with zero attached hydrogens (tertiary/aromatic N) is 2. The fraction of sp³-hybridized carbons (Fsp3) is 0.241. The van der Waals surface area contributed by atoms with Gasteiger partial charge in [-0.05, 0) is 48.7 Å². The first-order valence-electron chi connectivity index (χ1n) is 11.8. The Bertz CT molecular complexity index is 1260. The van der Waals surface area contributed by atoms with Crippen LogP contribution >= 0.6 is 0 Å². The first kappa shape index (κ1) is 24.1. The Kier molecular flexibility index (Phi) is 7.83. The molecule has 2 bridgehead atoms. The average Bonchev–Trinajstić information content (AvgIpc) is 3.28. The van der Waals surface area contributed by atoms with Crippen molar-refractivity contribution in [2.24, 2.45) is 0 Å². The number of rotatable bonds is 7. The summed E-state index contributed by atoms with van der Waals surface area (Å²) < 4.78 is 12.1. The summed E-state index contributed by atoms with van der Waals surface area (Å²) >= 11 is 0. The molecule has 0 spiro atoms. The van der Waals surface area contributed by atoms with Gasteiger partial charge in [-0.25, -0.2) is 4.79 Å². The summed E-state index contributed by atoms with van der Waals surface area (Å²) in [6.07, 6.45) is 0.792. The number of ether oxygens (including phenoxy) is 2.